The third kappa shape index (κ3) is 3.76. The smallest absolute Gasteiger partial charge is 0.258 e. The number of ether oxygens (including phenoxy) is 1. The lowest BCUT2D eigenvalue weighted by Gasteiger charge is -2.15. The maximum Gasteiger partial charge on any atom is 0.258 e. The van der Waals surface area contributed by atoms with Crippen molar-refractivity contribution < 1.29 is 9.53 Å². The summed E-state index contributed by atoms with van der Waals surface area (Å²) < 4.78 is 5.46. The summed E-state index contributed by atoms with van der Waals surface area (Å²) in [5, 5.41) is 3.66. The number of benzene rings is 2. The maximum atomic E-state index is 12.6. The van der Waals surface area contributed by atoms with Gasteiger partial charge < -0.3 is 10.1 Å². The van der Waals surface area contributed by atoms with Crippen LogP contribution in [0.3, 0.4) is 0 Å². The number of methoxy groups -OCH3 is 1. The van der Waals surface area contributed by atoms with Gasteiger partial charge in [-0.15, -0.1) is 0 Å². The van der Waals surface area contributed by atoms with E-state index >= 15 is 0 Å². The molecule has 0 spiro atoms. The first-order valence-electron chi connectivity index (χ1n) is 7.45. The number of carbonyl (C=O) groups is 1. The minimum atomic E-state index is -0.346. The summed E-state index contributed by atoms with van der Waals surface area (Å²) in [5.41, 5.74) is 2.53. The number of pyridine rings is 1. The largest absolute Gasteiger partial charge is 0.496 e. The summed E-state index contributed by atoms with van der Waals surface area (Å²) >= 11 is 12.0. The average Bonchev–Trinajstić information content (AvgIpc) is 2.62. The minimum absolute atomic E-state index is 0.149. The number of rotatable bonds is 4. The Morgan fingerprint density at radius 2 is 1.80 bits per heavy atom. The summed E-state index contributed by atoms with van der Waals surface area (Å²) in [7, 11) is 1.58. The van der Waals surface area contributed by atoms with Crippen LogP contribution in [0.5, 0.6) is 5.75 Å². The number of carbonyl (C=O) groups excluding carboxylic acids is 1. The van der Waals surface area contributed by atoms with E-state index in [0.29, 0.717) is 22.0 Å². The molecule has 3 rings (SSSR count). The van der Waals surface area contributed by atoms with Gasteiger partial charge in [0.05, 0.1) is 18.4 Å². The molecule has 0 atom stereocenters. The van der Waals surface area contributed by atoms with E-state index in [4.69, 9.17) is 27.9 Å². The Morgan fingerprint density at radius 3 is 2.48 bits per heavy atom. The first-order valence-corrected chi connectivity index (χ1v) is 8.20. The molecule has 0 aliphatic heterocycles. The van der Waals surface area contributed by atoms with Crippen molar-refractivity contribution in [2.75, 3.05) is 12.4 Å². The van der Waals surface area contributed by atoms with Crippen molar-refractivity contribution in [3.8, 4) is 16.9 Å². The fourth-order valence-electron chi connectivity index (χ4n) is 2.46. The van der Waals surface area contributed by atoms with Gasteiger partial charge in [0.1, 0.15) is 10.9 Å². The SMILES string of the molecule is COc1cccc(NC(=O)c2cccnc2Cl)c1-c1ccc(Cl)cc1. The molecule has 1 aromatic heterocycles. The average molecular weight is 373 g/mol. The van der Waals surface area contributed by atoms with Gasteiger partial charge in [0.25, 0.3) is 5.91 Å². The third-order valence-electron chi connectivity index (χ3n) is 3.63. The van der Waals surface area contributed by atoms with E-state index in [0.717, 1.165) is 11.1 Å². The fraction of sp³-hybridized carbons (Fsp3) is 0.0526. The molecule has 25 heavy (non-hydrogen) atoms. The molecule has 0 saturated carbocycles. The highest BCUT2D eigenvalue weighted by molar-refractivity contribution is 6.33. The Bertz CT molecular complexity index is 912. The molecule has 0 bridgehead atoms. The second-order valence-electron chi connectivity index (χ2n) is 5.19. The monoisotopic (exact) mass is 372 g/mol. The molecular formula is C19H14Cl2N2O2. The van der Waals surface area contributed by atoms with Crippen LogP contribution in [0.4, 0.5) is 5.69 Å². The second kappa shape index (κ2) is 7.55. The minimum Gasteiger partial charge on any atom is -0.496 e. The lowest BCUT2D eigenvalue weighted by atomic mass is 10.0. The van der Waals surface area contributed by atoms with Crippen LogP contribution in [0, 0.1) is 0 Å². The lowest BCUT2D eigenvalue weighted by molar-refractivity contribution is 0.102. The predicted molar refractivity (Wildman–Crippen MR) is 101 cm³/mol. The molecule has 0 fully saturated rings. The lowest BCUT2D eigenvalue weighted by Crippen LogP contribution is -2.13. The molecule has 0 aliphatic rings. The number of anilines is 1. The molecule has 0 unspecified atom stereocenters. The van der Waals surface area contributed by atoms with E-state index in [9.17, 15) is 4.79 Å². The zero-order chi connectivity index (χ0) is 17.8. The summed E-state index contributed by atoms with van der Waals surface area (Å²) in [6.07, 6.45) is 1.53. The number of nitrogens with one attached hydrogen (secondary N) is 1. The predicted octanol–water partition coefficient (Wildman–Crippen LogP) is 5.32. The topological polar surface area (TPSA) is 51.2 Å². The molecule has 1 heterocycles. The van der Waals surface area contributed by atoms with E-state index in [1.54, 1.807) is 43.5 Å². The van der Waals surface area contributed by atoms with E-state index in [1.807, 2.05) is 18.2 Å². The van der Waals surface area contributed by atoms with Crippen LogP contribution in [-0.2, 0) is 0 Å². The van der Waals surface area contributed by atoms with Crippen molar-refractivity contribution in [3.05, 3.63) is 76.5 Å². The quantitative estimate of drug-likeness (QED) is 0.630. The summed E-state index contributed by atoms with van der Waals surface area (Å²) in [6.45, 7) is 0. The number of halogens is 2. The molecule has 0 aliphatic carbocycles. The standard InChI is InChI=1S/C19H14Cl2N2O2/c1-25-16-6-2-5-15(17(16)12-7-9-13(20)10-8-12)23-19(24)14-4-3-11-22-18(14)21/h2-11H,1H3,(H,23,24). The molecule has 1 amide bonds. The van der Waals surface area contributed by atoms with Gasteiger partial charge in [-0.3, -0.25) is 4.79 Å². The molecule has 0 saturated heterocycles. The first kappa shape index (κ1) is 17.3. The Morgan fingerprint density at radius 1 is 1.04 bits per heavy atom. The zero-order valence-electron chi connectivity index (χ0n) is 13.3. The molecule has 6 heteroatoms. The van der Waals surface area contributed by atoms with Crippen LogP contribution < -0.4 is 10.1 Å². The van der Waals surface area contributed by atoms with Gasteiger partial charge in [-0.25, -0.2) is 4.98 Å². The maximum absolute atomic E-state index is 12.6. The number of amides is 1. The van der Waals surface area contributed by atoms with Crippen LogP contribution in [0.15, 0.2) is 60.8 Å². The highest BCUT2D eigenvalue weighted by Crippen LogP contribution is 2.37. The Hall–Kier alpha value is -2.56. The van der Waals surface area contributed by atoms with Crippen LogP contribution in [0.25, 0.3) is 11.1 Å². The molecule has 3 aromatic rings. The summed E-state index contributed by atoms with van der Waals surface area (Å²) in [5.74, 6) is 0.291. The Kier molecular flexibility index (Phi) is 5.22. The van der Waals surface area contributed by atoms with Gasteiger partial charge in [-0.2, -0.15) is 0 Å². The van der Waals surface area contributed by atoms with Gasteiger partial charge in [-0.1, -0.05) is 41.4 Å². The van der Waals surface area contributed by atoms with E-state index < -0.39 is 0 Å². The third-order valence-corrected chi connectivity index (χ3v) is 4.18. The van der Waals surface area contributed by atoms with Crippen LogP contribution in [0.1, 0.15) is 10.4 Å². The van der Waals surface area contributed by atoms with Gasteiger partial charge in [0.2, 0.25) is 0 Å². The zero-order valence-corrected chi connectivity index (χ0v) is 14.8. The highest BCUT2D eigenvalue weighted by atomic mass is 35.5. The number of hydrogen-bond acceptors (Lipinski definition) is 3. The van der Waals surface area contributed by atoms with Crippen molar-refractivity contribution in [1.82, 2.24) is 4.98 Å². The molecule has 0 radical (unpaired) electrons. The molecule has 4 nitrogen and oxygen atoms in total. The van der Waals surface area contributed by atoms with Gasteiger partial charge in [0.15, 0.2) is 0 Å². The Balaban J connectivity index is 2.03. The van der Waals surface area contributed by atoms with Gasteiger partial charge >= 0.3 is 0 Å². The van der Waals surface area contributed by atoms with Crippen LogP contribution >= 0.6 is 23.2 Å². The molecule has 126 valence electrons. The Labute approximate surface area is 155 Å². The normalized spacial score (nSPS) is 10.4. The highest BCUT2D eigenvalue weighted by Gasteiger charge is 2.16. The van der Waals surface area contributed by atoms with Crippen LogP contribution in [0.2, 0.25) is 10.2 Å². The number of aromatic nitrogens is 1. The summed E-state index contributed by atoms with van der Waals surface area (Å²) in [4.78, 5) is 16.5. The first-order chi connectivity index (χ1) is 12.1. The molecular weight excluding hydrogens is 359 g/mol. The summed E-state index contributed by atoms with van der Waals surface area (Å²) in [6, 6.07) is 16.0. The van der Waals surface area contributed by atoms with E-state index in [2.05, 4.69) is 10.3 Å². The fourth-order valence-corrected chi connectivity index (χ4v) is 2.80. The molecule has 1 N–H and O–H groups in total. The number of hydrogen-bond donors (Lipinski definition) is 1. The van der Waals surface area contributed by atoms with Crippen molar-refractivity contribution in [2.24, 2.45) is 0 Å². The van der Waals surface area contributed by atoms with Crippen molar-refractivity contribution in [3.63, 3.8) is 0 Å². The van der Waals surface area contributed by atoms with Crippen molar-refractivity contribution in [1.29, 1.82) is 0 Å². The molecule has 2 aromatic carbocycles. The van der Waals surface area contributed by atoms with E-state index in [-0.39, 0.29) is 11.1 Å². The van der Waals surface area contributed by atoms with Crippen LogP contribution in [-0.4, -0.2) is 18.0 Å². The number of nitrogens with zero attached hydrogens (tertiary/aromatic N) is 1. The second-order valence-corrected chi connectivity index (χ2v) is 5.98. The van der Waals surface area contributed by atoms with Crippen molar-refractivity contribution >= 4 is 34.8 Å². The van der Waals surface area contributed by atoms with E-state index in [1.165, 1.54) is 6.20 Å². The van der Waals surface area contributed by atoms with Gasteiger partial charge in [0, 0.05) is 16.8 Å². The van der Waals surface area contributed by atoms with Crippen molar-refractivity contribution in [2.45, 2.75) is 0 Å². The van der Waals surface area contributed by atoms with Gasteiger partial charge in [-0.05, 0) is 42.0 Å².